The number of aryl methyl sites for hydroxylation is 1. The molecule has 8 heteroatoms. The van der Waals surface area contributed by atoms with Gasteiger partial charge in [0.2, 0.25) is 0 Å². The van der Waals surface area contributed by atoms with Crippen LogP contribution in [-0.2, 0) is 6.54 Å². The molecule has 0 radical (unpaired) electrons. The quantitative estimate of drug-likeness (QED) is 0.762. The molecule has 0 fully saturated rings. The first-order valence-corrected chi connectivity index (χ1v) is 8.09. The molecule has 5 nitrogen and oxygen atoms in total. The molecule has 0 aromatic carbocycles. The molecule has 3 aromatic heterocycles. The number of aromatic nitrogens is 3. The largest absolute Gasteiger partial charge is 0.319 e. The van der Waals surface area contributed by atoms with Crippen LogP contribution in [0.2, 0.25) is 0 Å². The van der Waals surface area contributed by atoms with Gasteiger partial charge in [-0.25, -0.2) is 8.78 Å². The van der Waals surface area contributed by atoms with Gasteiger partial charge in [0.1, 0.15) is 6.54 Å². The van der Waals surface area contributed by atoms with Gasteiger partial charge in [-0.2, -0.15) is 16.4 Å². The summed E-state index contributed by atoms with van der Waals surface area (Å²) < 4.78 is 25.7. The van der Waals surface area contributed by atoms with E-state index in [0.717, 1.165) is 15.9 Å². The molecule has 0 unspecified atom stereocenters. The average molecular weight is 348 g/mol. The summed E-state index contributed by atoms with van der Waals surface area (Å²) in [6, 6.07) is 5.45. The second-order valence-corrected chi connectivity index (χ2v) is 5.92. The standard InChI is InChI=1S/C16H14F2N4OS/c1-10-13(2-3-14(20-10)11-4-5-24-9-11)16(23)21-12-6-19-22(7-12)8-15(17)18/h2-7,9,15H,8H2,1H3,(H,21,23). The Morgan fingerprint density at radius 1 is 1.38 bits per heavy atom. The Labute approximate surface area is 141 Å². The number of halogens is 2. The number of rotatable bonds is 5. The lowest BCUT2D eigenvalue weighted by molar-refractivity contribution is 0.102. The summed E-state index contributed by atoms with van der Waals surface area (Å²) in [5.74, 6) is -0.353. The number of nitrogens with zero attached hydrogens (tertiary/aromatic N) is 3. The normalized spacial score (nSPS) is 11.0. The van der Waals surface area contributed by atoms with Crippen molar-refractivity contribution in [2.24, 2.45) is 0 Å². The lowest BCUT2D eigenvalue weighted by Crippen LogP contribution is -2.14. The molecule has 0 atom stereocenters. The summed E-state index contributed by atoms with van der Waals surface area (Å²) in [5, 5.41) is 10.4. The Kier molecular flexibility index (Phi) is 4.66. The van der Waals surface area contributed by atoms with Gasteiger partial charge in [0.15, 0.2) is 0 Å². The highest BCUT2D eigenvalue weighted by Gasteiger charge is 2.13. The molecule has 24 heavy (non-hydrogen) atoms. The van der Waals surface area contributed by atoms with E-state index in [1.165, 1.54) is 12.4 Å². The molecule has 1 N–H and O–H groups in total. The van der Waals surface area contributed by atoms with Crippen molar-refractivity contribution < 1.29 is 13.6 Å². The number of pyridine rings is 1. The van der Waals surface area contributed by atoms with Crippen molar-refractivity contribution in [2.45, 2.75) is 19.9 Å². The van der Waals surface area contributed by atoms with E-state index < -0.39 is 13.0 Å². The van der Waals surface area contributed by atoms with Crippen LogP contribution in [0.4, 0.5) is 14.5 Å². The highest BCUT2D eigenvalue weighted by molar-refractivity contribution is 7.08. The lowest BCUT2D eigenvalue weighted by atomic mass is 10.1. The fourth-order valence-electron chi connectivity index (χ4n) is 2.24. The van der Waals surface area contributed by atoms with E-state index >= 15 is 0 Å². The molecular formula is C16H14F2N4OS. The van der Waals surface area contributed by atoms with E-state index in [1.807, 2.05) is 16.8 Å². The summed E-state index contributed by atoms with van der Waals surface area (Å²) in [6.07, 6.45) is 0.208. The molecule has 3 heterocycles. The van der Waals surface area contributed by atoms with Gasteiger partial charge in [-0.05, 0) is 30.5 Å². The Hall–Kier alpha value is -2.61. The molecule has 0 aliphatic heterocycles. The Balaban J connectivity index is 1.74. The van der Waals surface area contributed by atoms with Crippen LogP contribution in [-0.4, -0.2) is 27.1 Å². The predicted octanol–water partition coefficient (Wildman–Crippen LogP) is 3.83. The molecule has 3 rings (SSSR count). The van der Waals surface area contributed by atoms with Crippen molar-refractivity contribution in [1.82, 2.24) is 14.8 Å². The molecule has 0 spiro atoms. The number of alkyl halides is 2. The van der Waals surface area contributed by atoms with Gasteiger partial charge in [-0.1, -0.05) is 0 Å². The van der Waals surface area contributed by atoms with E-state index in [0.29, 0.717) is 16.9 Å². The van der Waals surface area contributed by atoms with Crippen LogP contribution in [0.3, 0.4) is 0 Å². The van der Waals surface area contributed by atoms with E-state index in [9.17, 15) is 13.6 Å². The smallest absolute Gasteiger partial charge is 0.257 e. The second kappa shape index (κ2) is 6.88. The summed E-state index contributed by atoms with van der Waals surface area (Å²) in [7, 11) is 0. The first-order chi connectivity index (χ1) is 11.5. The van der Waals surface area contributed by atoms with Gasteiger partial charge in [0, 0.05) is 17.1 Å². The molecule has 0 saturated heterocycles. The number of hydrogen-bond acceptors (Lipinski definition) is 4. The average Bonchev–Trinajstić information content (AvgIpc) is 3.18. The van der Waals surface area contributed by atoms with Crippen LogP contribution in [0.15, 0.2) is 41.4 Å². The Bertz CT molecular complexity index is 846. The van der Waals surface area contributed by atoms with Gasteiger partial charge in [-0.3, -0.25) is 14.5 Å². The third-order valence-corrected chi connectivity index (χ3v) is 4.05. The van der Waals surface area contributed by atoms with Crippen LogP contribution in [0.1, 0.15) is 16.1 Å². The van der Waals surface area contributed by atoms with Gasteiger partial charge in [0.25, 0.3) is 12.3 Å². The van der Waals surface area contributed by atoms with E-state index in [4.69, 9.17) is 0 Å². The number of anilines is 1. The van der Waals surface area contributed by atoms with E-state index in [2.05, 4.69) is 15.4 Å². The van der Waals surface area contributed by atoms with Crippen LogP contribution in [0.5, 0.6) is 0 Å². The van der Waals surface area contributed by atoms with Gasteiger partial charge < -0.3 is 5.32 Å². The summed E-state index contributed by atoms with van der Waals surface area (Å²) >= 11 is 1.58. The number of nitrogens with one attached hydrogen (secondary N) is 1. The number of carbonyl (C=O) groups is 1. The lowest BCUT2D eigenvalue weighted by Gasteiger charge is -2.07. The summed E-state index contributed by atoms with van der Waals surface area (Å²) in [6.45, 7) is 1.25. The molecule has 0 bridgehead atoms. The van der Waals surface area contributed by atoms with Crippen molar-refractivity contribution in [1.29, 1.82) is 0 Å². The third kappa shape index (κ3) is 3.65. The minimum Gasteiger partial charge on any atom is -0.319 e. The molecular weight excluding hydrogens is 334 g/mol. The molecule has 1 amide bonds. The van der Waals surface area contributed by atoms with E-state index in [-0.39, 0.29) is 5.91 Å². The maximum absolute atomic E-state index is 12.3. The van der Waals surface area contributed by atoms with Crippen LogP contribution in [0, 0.1) is 6.92 Å². The zero-order valence-corrected chi connectivity index (χ0v) is 13.6. The highest BCUT2D eigenvalue weighted by Crippen LogP contribution is 2.22. The van der Waals surface area contributed by atoms with Gasteiger partial charge >= 0.3 is 0 Å². The molecule has 0 saturated carbocycles. The molecule has 0 aliphatic rings. The van der Waals surface area contributed by atoms with Crippen molar-refractivity contribution in [3.8, 4) is 11.3 Å². The van der Waals surface area contributed by atoms with Crippen molar-refractivity contribution in [3.63, 3.8) is 0 Å². The minimum absolute atomic E-state index is 0.353. The third-order valence-electron chi connectivity index (χ3n) is 3.36. The van der Waals surface area contributed by atoms with Gasteiger partial charge in [0.05, 0.1) is 28.8 Å². The van der Waals surface area contributed by atoms with E-state index in [1.54, 1.807) is 30.4 Å². The second-order valence-electron chi connectivity index (χ2n) is 5.14. The first-order valence-electron chi connectivity index (χ1n) is 7.15. The number of hydrogen-bond donors (Lipinski definition) is 1. The Morgan fingerprint density at radius 3 is 2.88 bits per heavy atom. The first kappa shape index (κ1) is 16.3. The number of thiophene rings is 1. The fraction of sp³-hybridized carbons (Fsp3) is 0.188. The van der Waals surface area contributed by atoms with Crippen molar-refractivity contribution >= 4 is 22.9 Å². The van der Waals surface area contributed by atoms with Gasteiger partial charge in [-0.15, -0.1) is 0 Å². The Morgan fingerprint density at radius 2 is 2.21 bits per heavy atom. The highest BCUT2D eigenvalue weighted by atomic mass is 32.1. The molecule has 3 aromatic rings. The monoisotopic (exact) mass is 348 g/mol. The van der Waals surface area contributed by atoms with Crippen LogP contribution >= 0.6 is 11.3 Å². The van der Waals surface area contributed by atoms with Crippen molar-refractivity contribution in [3.05, 3.63) is 52.6 Å². The van der Waals surface area contributed by atoms with Crippen LogP contribution in [0.25, 0.3) is 11.3 Å². The fourth-order valence-corrected chi connectivity index (χ4v) is 2.89. The predicted molar refractivity (Wildman–Crippen MR) is 88.5 cm³/mol. The summed E-state index contributed by atoms with van der Waals surface area (Å²) in [5.41, 5.74) is 3.19. The minimum atomic E-state index is -2.50. The topological polar surface area (TPSA) is 59.8 Å². The SMILES string of the molecule is Cc1nc(-c2ccsc2)ccc1C(=O)Nc1cnn(CC(F)F)c1. The maximum atomic E-state index is 12.3. The van der Waals surface area contributed by atoms with Crippen molar-refractivity contribution in [2.75, 3.05) is 5.32 Å². The molecule has 124 valence electrons. The molecule has 0 aliphatic carbocycles. The zero-order valence-electron chi connectivity index (χ0n) is 12.7. The number of carbonyl (C=O) groups excluding carboxylic acids is 1. The maximum Gasteiger partial charge on any atom is 0.257 e. The summed E-state index contributed by atoms with van der Waals surface area (Å²) in [4.78, 5) is 16.8. The zero-order chi connectivity index (χ0) is 17.1. The van der Waals surface area contributed by atoms with Crippen LogP contribution < -0.4 is 5.32 Å². The number of amides is 1.